The van der Waals surface area contributed by atoms with Gasteiger partial charge in [0.05, 0.1) is 10.4 Å². The SMILES string of the molecule is O=C(c1cccs1)N1CCC[C@H]1c1nc2cc(-c3ccc(C(F)(F)F)cc3)ccc2o1. The highest BCUT2D eigenvalue weighted by atomic mass is 32.1. The Morgan fingerprint density at radius 1 is 1.10 bits per heavy atom. The second-order valence-electron chi connectivity index (χ2n) is 7.44. The van der Waals surface area contributed by atoms with Gasteiger partial charge in [0.25, 0.3) is 5.91 Å². The Bertz CT molecular complexity index is 1230. The number of benzene rings is 2. The lowest BCUT2D eigenvalue weighted by atomic mass is 10.0. The summed E-state index contributed by atoms with van der Waals surface area (Å²) in [7, 11) is 0. The van der Waals surface area contributed by atoms with Crippen molar-refractivity contribution >= 4 is 28.3 Å². The van der Waals surface area contributed by atoms with Gasteiger partial charge in [-0.05, 0) is 59.7 Å². The summed E-state index contributed by atoms with van der Waals surface area (Å²) in [6, 6.07) is 13.8. The number of rotatable bonds is 3. The van der Waals surface area contributed by atoms with Gasteiger partial charge in [0.15, 0.2) is 5.58 Å². The minimum atomic E-state index is -4.36. The quantitative estimate of drug-likeness (QED) is 0.361. The number of amides is 1. The zero-order valence-corrected chi connectivity index (χ0v) is 17.0. The maximum absolute atomic E-state index is 12.8. The predicted molar refractivity (Wildman–Crippen MR) is 112 cm³/mol. The summed E-state index contributed by atoms with van der Waals surface area (Å²) >= 11 is 1.41. The highest BCUT2D eigenvalue weighted by Crippen LogP contribution is 2.36. The molecule has 0 radical (unpaired) electrons. The van der Waals surface area contributed by atoms with Crippen LogP contribution in [0.4, 0.5) is 13.2 Å². The fraction of sp³-hybridized carbons (Fsp3) is 0.217. The van der Waals surface area contributed by atoms with Crippen molar-refractivity contribution in [3.05, 3.63) is 76.3 Å². The second kappa shape index (κ2) is 7.53. The molecule has 0 saturated carbocycles. The van der Waals surface area contributed by atoms with Crippen molar-refractivity contribution < 1.29 is 22.4 Å². The highest BCUT2D eigenvalue weighted by Gasteiger charge is 2.34. The summed E-state index contributed by atoms with van der Waals surface area (Å²) < 4.78 is 44.4. The van der Waals surface area contributed by atoms with E-state index in [1.165, 1.54) is 23.5 Å². The Kier molecular flexibility index (Phi) is 4.81. The first kappa shape index (κ1) is 19.8. The molecule has 1 saturated heterocycles. The van der Waals surface area contributed by atoms with Crippen LogP contribution in [-0.2, 0) is 6.18 Å². The van der Waals surface area contributed by atoms with Crippen molar-refractivity contribution in [3.8, 4) is 11.1 Å². The summed E-state index contributed by atoms with van der Waals surface area (Å²) in [5, 5.41) is 1.88. The van der Waals surface area contributed by atoms with E-state index in [1.54, 1.807) is 23.1 Å². The summed E-state index contributed by atoms with van der Waals surface area (Å²) in [6.07, 6.45) is -2.72. The molecule has 4 nitrogen and oxygen atoms in total. The van der Waals surface area contributed by atoms with Crippen molar-refractivity contribution in [1.82, 2.24) is 9.88 Å². The molecule has 2 aromatic heterocycles. The third kappa shape index (κ3) is 3.72. The van der Waals surface area contributed by atoms with Crippen molar-refractivity contribution in [2.75, 3.05) is 6.54 Å². The van der Waals surface area contributed by atoms with Gasteiger partial charge in [0.1, 0.15) is 11.6 Å². The van der Waals surface area contributed by atoms with Crippen molar-refractivity contribution in [2.24, 2.45) is 0 Å². The van der Waals surface area contributed by atoms with Crippen LogP contribution in [0.5, 0.6) is 0 Å². The number of hydrogen-bond donors (Lipinski definition) is 0. The Morgan fingerprint density at radius 3 is 2.58 bits per heavy atom. The number of fused-ring (bicyclic) bond motifs is 1. The van der Waals surface area contributed by atoms with Gasteiger partial charge in [-0.25, -0.2) is 4.98 Å². The fourth-order valence-corrected chi connectivity index (χ4v) is 4.61. The van der Waals surface area contributed by atoms with E-state index in [2.05, 4.69) is 4.98 Å². The van der Waals surface area contributed by atoms with Gasteiger partial charge >= 0.3 is 6.18 Å². The zero-order chi connectivity index (χ0) is 21.6. The molecular formula is C23H17F3N2O2S. The standard InChI is InChI=1S/C23H17F3N2O2S/c24-23(25,26)16-8-5-14(6-9-16)15-7-10-19-17(13-15)27-21(30-19)18-3-1-11-28(18)22(29)20-4-2-12-31-20/h2,4-10,12-13,18H,1,3,11H2/t18-/m0/s1. The molecule has 0 N–H and O–H groups in total. The van der Waals surface area contributed by atoms with Crippen LogP contribution in [0, 0.1) is 0 Å². The summed E-state index contributed by atoms with van der Waals surface area (Å²) in [6.45, 7) is 0.650. The number of aromatic nitrogens is 1. The lowest BCUT2D eigenvalue weighted by molar-refractivity contribution is -0.137. The Balaban J connectivity index is 1.44. The molecule has 158 valence electrons. The monoisotopic (exact) mass is 442 g/mol. The summed E-state index contributed by atoms with van der Waals surface area (Å²) in [5.74, 6) is 0.465. The molecule has 4 aromatic rings. The van der Waals surface area contributed by atoms with Crippen LogP contribution in [0.2, 0.25) is 0 Å². The van der Waals surface area contributed by atoms with Gasteiger partial charge < -0.3 is 9.32 Å². The fourth-order valence-electron chi connectivity index (χ4n) is 3.93. The molecule has 1 aliphatic rings. The predicted octanol–water partition coefficient (Wildman–Crippen LogP) is 6.55. The van der Waals surface area contributed by atoms with Crippen molar-refractivity contribution in [2.45, 2.75) is 25.1 Å². The van der Waals surface area contributed by atoms with E-state index in [0.29, 0.717) is 34.0 Å². The first-order valence-electron chi connectivity index (χ1n) is 9.83. The maximum Gasteiger partial charge on any atom is 0.416 e. The maximum atomic E-state index is 12.8. The van der Waals surface area contributed by atoms with E-state index < -0.39 is 11.7 Å². The molecule has 1 atom stereocenters. The molecule has 0 bridgehead atoms. The highest BCUT2D eigenvalue weighted by molar-refractivity contribution is 7.12. The van der Waals surface area contributed by atoms with Crippen molar-refractivity contribution in [1.29, 1.82) is 0 Å². The van der Waals surface area contributed by atoms with Crippen LogP contribution in [-0.4, -0.2) is 22.3 Å². The van der Waals surface area contributed by atoms with Crippen molar-refractivity contribution in [3.63, 3.8) is 0 Å². The molecule has 31 heavy (non-hydrogen) atoms. The van der Waals surface area contributed by atoms with Crippen LogP contribution in [0.3, 0.4) is 0 Å². The number of alkyl halides is 3. The van der Waals surface area contributed by atoms with Gasteiger partial charge in [-0.2, -0.15) is 13.2 Å². The molecule has 1 amide bonds. The number of thiophene rings is 1. The van der Waals surface area contributed by atoms with Gasteiger partial charge in [0, 0.05) is 6.54 Å². The number of likely N-dealkylation sites (tertiary alicyclic amines) is 1. The molecule has 3 heterocycles. The summed E-state index contributed by atoms with van der Waals surface area (Å²) in [5.41, 5.74) is 1.93. The van der Waals surface area contributed by atoms with Gasteiger partial charge in [-0.1, -0.05) is 24.3 Å². The van der Waals surface area contributed by atoms with Gasteiger partial charge in [0.2, 0.25) is 5.89 Å². The Labute approximate surface area is 179 Å². The third-order valence-corrected chi connectivity index (χ3v) is 6.34. The van der Waals surface area contributed by atoms with E-state index in [0.717, 1.165) is 30.5 Å². The van der Waals surface area contributed by atoms with Crippen LogP contribution >= 0.6 is 11.3 Å². The van der Waals surface area contributed by atoms with Gasteiger partial charge in [-0.15, -0.1) is 11.3 Å². The molecule has 1 fully saturated rings. The zero-order valence-electron chi connectivity index (χ0n) is 16.2. The number of carbonyl (C=O) groups excluding carboxylic acids is 1. The first-order valence-corrected chi connectivity index (χ1v) is 10.7. The Morgan fingerprint density at radius 2 is 1.87 bits per heavy atom. The molecule has 0 unspecified atom stereocenters. The molecule has 0 spiro atoms. The second-order valence-corrected chi connectivity index (χ2v) is 8.39. The smallest absolute Gasteiger partial charge is 0.416 e. The summed E-state index contributed by atoms with van der Waals surface area (Å²) in [4.78, 5) is 19.9. The average molecular weight is 442 g/mol. The molecule has 2 aromatic carbocycles. The van der Waals surface area contributed by atoms with Gasteiger partial charge in [-0.3, -0.25) is 4.79 Å². The molecule has 8 heteroatoms. The van der Waals surface area contributed by atoms with E-state index in [9.17, 15) is 18.0 Å². The largest absolute Gasteiger partial charge is 0.438 e. The van der Waals surface area contributed by atoms with E-state index >= 15 is 0 Å². The van der Waals surface area contributed by atoms with Crippen LogP contribution < -0.4 is 0 Å². The average Bonchev–Trinajstić information content (AvgIpc) is 3.52. The van der Waals surface area contributed by atoms with E-state index in [1.807, 2.05) is 17.5 Å². The number of nitrogens with zero attached hydrogens (tertiary/aromatic N) is 2. The lowest BCUT2D eigenvalue weighted by Crippen LogP contribution is -2.30. The third-order valence-electron chi connectivity index (χ3n) is 5.48. The molecular weight excluding hydrogens is 425 g/mol. The number of hydrogen-bond acceptors (Lipinski definition) is 4. The van der Waals surface area contributed by atoms with E-state index in [-0.39, 0.29) is 11.9 Å². The normalized spacial score (nSPS) is 16.9. The minimum absolute atomic E-state index is 0.0230. The Hall–Kier alpha value is -3.13. The van der Waals surface area contributed by atoms with Crippen LogP contribution in [0.1, 0.15) is 40.0 Å². The number of halogens is 3. The molecule has 1 aliphatic heterocycles. The topological polar surface area (TPSA) is 46.3 Å². The first-order chi connectivity index (χ1) is 14.9. The van der Waals surface area contributed by atoms with Crippen LogP contribution in [0.25, 0.3) is 22.2 Å². The van der Waals surface area contributed by atoms with E-state index in [4.69, 9.17) is 4.42 Å². The lowest BCUT2D eigenvalue weighted by Gasteiger charge is -2.21. The molecule has 0 aliphatic carbocycles. The number of oxazole rings is 1. The number of carbonyl (C=O) groups is 1. The van der Waals surface area contributed by atoms with Crippen LogP contribution in [0.15, 0.2) is 64.4 Å². The molecule has 5 rings (SSSR count). The minimum Gasteiger partial charge on any atom is -0.438 e.